The van der Waals surface area contributed by atoms with Crippen molar-refractivity contribution in [1.29, 1.82) is 0 Å². The predicted octanol–water partition coefficient (Wildman–Crippen LogP) is 5.06. The molecule has 0 saturated heterocycles. The van der Waals surface area contributed by atoms with E-state index in [0.717, 1.165) is 0 Å². The number of aromatic nitrogens is 1. The molecule has 0 bridgehead atoms. The monoisotopic (exact) mass is 351 g/mol. The van der Waals surface area contributed by atoms with Gasteiger partial charge in [0.15, 0.2) is 5.82 Å². The highest BCUT2D eigenvalue weighted by atomic mass is 35.5. The van der Waals surface area contributed by atoms with Crippen molar-refractivity contribution in [2.24, 2.45) is 0 Å². The van der Waals surface area contributed by atoms with E-state index >= 15 is 0 Å². The second-order valence-electron chi connectivity index (χ2n) is 4.05. The number of nitrogens with one attached hydrogen (secondary N) is 1. The van der Waals surface area contributed by atoms with Crippen molar-refractivity contribution >= 4 is 40.4 Å². The zero-order valence-corrected chi connectivity index (χ0v) is 12.0. The molecule has 1 N–H and O–H groups in total. The molecule has 0 radical (unpaired) electrons. The van der Waals surface area contributed by atoms with E-state index in [-0.39, 0.29) is 22.2 Å². The maximum Gasteiger partial charge on any atom is 0.419 e. The van der Waals surface area contributed by atoms with Gasteiger partial charge < -0.3 is 5.32 Å². The fraction of sp³-hybridized carbons (Fsp3) is 0.0833. The highest BCUT2D eigenvalue weighted by molar-refractivity contribution is 6.34. The first-order chi connectivity index (χ1) is 10.2. The summed E-state index contributed by atoms with van der Waals surface area (Å²) < 4.78 is 38.0. The number of nitro benzene ring substituents is 1. The Kier molecular flexibility index (Phi) is 4.43. The van der Waals surface area contributed by atoms with Crippen LogP contribution >= 0.6 is 23.2 Å². The molecule has 22 heavy (non-hydrogen) atoms. The van der Waals surface area contributed by atoms with Gasteiger partial charge >= 0.3 is 6.18 Å². The van der Waals surface area contributed by atoms with Crippen LogP contribution in [0.25, 0.3) is 0 Å². The summed E-state index contributed by atoms with van der Waals surface area (Å²) in [4.78, 5) is 13.8. The fourth-order valence-electron chi connectivity index (χ4n) is 1.62. The Morgan fingerprint density at radius 2 is 1.86 bits per heavy atom. The van der Waals surface area contributed by atoms with Crippen LogP contribution in [0.15, 0.2) is 30.3 Å². The number of halogens is 5. The number of nitro groups is 1. The Morgan fingerprint density at radius 3 is 2.45 bits per heavy atom. The first-order valence-electron chi connectivity index (χ1n) is 5.64. The first-order valence-corrected chi connectivity index (χ1v) is 6.39. The molecule has 2 rings (SSSR count). The van der Waals surface area contributed by atoms with E-state index in [1.54, 1.807) is 0 Å². The van der Waals surface area contributed by atoms with Gasteiger partial charge in [-0.1, -0.05) is 35.3 Å². The van der Waals surface area contributed by atoms with Gasteiger partial charge in [-0.25, -0.2) is 4.98 Å². The SMILES string of the molecule is O=[N+]([O-])c1ccccc1Nc1nc(Cl)c(C(F)(F)F)cc1Cl. The van der Waals surface area contributed by atoms with E-state index in [4.69, 9.17) is 23.2 Å². The fourth-order valence-corrected chi connectivity index (χ4v) is 2.06. The van der Waals surface area contributed by atoms with Gasteiger partial charge in [0.05, 0.1) is 15.5 Å². The summed E-state index contributed by atoms with van der Waals surface area (Å²) in [5, 5.41) is 12.2. The first kappa shape index (κ1) is 16.3. The molecule has 1 heterocycles. The largest absolute Gasteiger partial charge is 0.419 e. The van der Waals surface area contributed by atoms with Gasteiger partial charge in [-0.3, -0.25) is 10.1 Å². The molecular formula is C12H6Cl2F3N3O2. The van der Waals surface area contributed by atoms with Gasteiger partial charge in [0.1, 0.15) is 10.8 Å². The van der Waals surface area contributed by atoms with Gasteiger partial charge in [-0.15, -0.1) is 0 Å². The van der Waals surface area contributed by atoms with Gasteiger partial charge in [0, 0.05) is 6.07 Å². The third kappa shape index (κ3) is 3.40. The lowest BCUT2D eigenvalue weighted by Gasteiger charge is -2.12. The Balaban J connectivity index is 2.44. The van der Waals surface area contributed by atoms with Gasteiger partial charge in [-0.05, 0) is 12.1 Å². The number of nitrogens with zero attached hydrogens (tertiary/aromatic N) is 2. The van der Waals surface area contributed by atoms with Crippen LogP contribution in [0.2, 0.25) is 10.2 Å². The number of para-hydroxylation sites is 2. The highest BCUT2D eigenvalue weighted by Gasteiger charge is 2.35. The van der Waals surface area contributed by atoms with Crippen molar-refractivity contribution in [3.8, 4) is 0 Å². The third-order valence-corrected chi connectivity index (χ3v) is 3.16. The Hall–Kier alpha value is -2.06. The van der Waals surface area contributed by atoms with Crippen molar-refractivity contribution in [2.75, 3.05) is 5.32 Å². The normalized spacial score (nSPS) is 11.3. The molecule has 0 spiro atoms. The maximum absolute atomic E-state index is 12.7. The Bertz CT molecular complexity index is 738. The number of hydrogen-bond acceptors (Lipinski definition) is 4. The van der Waals surface area contributed by atoms with E-state index in [1.165, 1.54) is 24.3 Å². The number of pyridine rings is 1. The molecule has 2 aromatic rings. The zero-order chi connectivity index (χ0) is 16.5. The number of rotatable bonds is 3. The van der Waals surface area contributed by atoms with Crippen LogP contribution in [0.1, 0.15) is 5.56 Å². The van der Waals surface area contributed by atoms with Crippen molar-refractivity contribution in [3.05, 3.63) is 56.2 Å². The number of alkyl halides is 3. The summed E-state index contributed by atoms with van der Waals surface area (Å²) in [6, 6.07) is 6.14. The van der Waals surface area contributed by atoms with E-state index in [0.29, 0.717) is 6.07 Å². The van der Waals surface area contributed by atoms with Crippen LogP contribution in [0.3, 0.4) is 0 Å². The summed E-state index contributed by atoms with van der Waals surface area (Å²) in [6.07, 6.45) is -4.70. The molecular weight excluding hydrogens is 346 g/mol. The smallest absolute Gasteiger partial charge is 0.333 e. The summed E-state index contributed by atoms with van der Waals surface area (Å²) in [7, 11) is 0. The average Bonchev–Trinajstić information content (AvgIpc) is 2.41. The third-order valence-electron chi connectivity index (χ3n) is 2.59. The molecule has 1 aromatic carbocycles. The van der Waals surface area contributed by atoms with Crippen LogP contribution < -0.4 is 5.32 Å². The lowest BCUT2D eigenvalue weighted by Crippen LogP contribution is -2.08. The van der Waals surface area contributed by atoms with Gasteiger partial charge in [-0.2, -0.15) is 13.2 Å². The molecule has 0 saturated carbocycles. The molecule has 0 aliphatic heterocycles. The number of anilines is 2. The second-order valence-corrected chi connectivity index (χ2v) is 4.82. The Morgan fingerprint density at radius 1 is 1.23 bits per heavy atom. The summed E-state index contributed by atoms with van der Waals surface area (Å²) in [6.45, 7) is 0. The van der Waals surface area contributed by atoms with E-state index in [2.05, 4.69) is 10.3 Å². The summed E-state index contributed by atoms with van der Waals surface area (Å²) in [5.74, 6) is -0.214. The lowest BCUT2D eigenvalue weighted by molar-refractivity contribution is -0.383. The standard InChI is InChI=1S/C12H6Cl2F3N3O2/c13-7-5-6(12(15,16)17)10(14)19-11(7)18-8-3-1-2-4-9(8)20(21)22/h1-5H,(H,18,19). The van der Waals surface area contributed by atoms with E-state index in [1.807, 2.05) is 0 Å². The van der Waals surface area contributed by atoms with Crippen molar-refractivity contribution in [2.45, 2.75) is 6.18 Å². The molecule has 1 aromatic heterocycles. The lowest BCUT2D eigenvalue weighted by atomic mass is 10.2. The summed E-state index contributed by atoms with van der Waals surface area (Å²) in [5.41, 5.74) is -1.44. The zero-order valence-electron chi connectivity index (χ0n) is 10.5. The van der Waals surface area contributed by atoms with Crippen molar-refractivity contribution in [3.63, 3.8) is 0 Å². The minimum Gasteiger partial charge on any atom is -0.333 e. The number of hydrogen-bond donors (Lipinski definition) is 1. The molecule has 10 heteroatoms. The molecule has 116 valence electrons. The number of benzene rings is 1. The molecule has 0 amide bonds. The molecule has 5 nitrogen and oxygen atoms in total. The topological polar surface area (TPSA) is 68.1 Å². The van der Waals surface area contributed by atoms with Gasteiger partial charge in [0.25, 0.3) is 5.69 Å². The maximum atomic E-state index is 12.7. The minimum atomic E-state index is -4.70. The minimum absolute atomic E-state index is 0.0257. The average molecular weight is 352 g/mol. The quantitative estimate of drug-likeness (QED) is 0.476. The van der Waals surface area contributed by atoms with Crippen LogP contribution in [-0.2, 0) is 6.18 Å². The molecule has 0 unspecified atom stereocenters. The van der Waals surface area contributed by atoms with Crippen LogP contribution in [0.5, 0.6) is 0 Å². The van der Waals surface area contributed by atoms with Crippen molar-refractivity contribution in [1.82, 2.24) is 4.98 Å². The predicted molar refractivity (Wildman–Crippen MR) is 75.6 cm³/mol. The van der Waals surface area contributed by atoms with E-state index in [9.17, 15) is 23.3 Å². The molecule has 0 aliphatic rings. The molecule has 0 aliphatic carbocycles. The summed E-state index contributed by atoms with van der Waals surface area (Å²) >= 11 is 11.2. The van der Waals surface area contributed by atoms with Crippen LogP contribution in [0.4, 0.5) is 30.4 Å². The van der Waals surface area contributed by atoms with Crippen LogP contribution in [0, 0.1) is 10.1 Å². The van der Waals surface area contributed by atoms with E-state index < -0.39 is 21.8 Å². The molecule has 0 atom stereocenters. The van der Waals surface area contributed by atoms with Crippen molar-refractivity contribution < 1.29 is 18.1 Å². The van der Waals surface area contributed by atoms with Crippen LogP contribution in [-0.4, -0.2) is 9.91 Å². The Labute approximate surface area is 131 Å². The second kappa shape index (κ2) is 5.98. The molecule has 0 fully saturated rings. The highest BCUT2D eigenvalue weighted by Crippen LogP contribution is 2.38. The van der Waals surface area contributed by atoms with Gasteiger partial charge in [0.2, 0.25) is 0 Å².